The van der Waals surface area contributed by atoms with E-state index in [1.54, 1.807) is 0 Å². The molecular weight excluding hydrogens is 265 g/mol. The predicted molar refractivity (Wildman–Crippen MR) is 79.6 cm³/mol. The molecule has 0 spiro atoms. The van der Waals surface area contributed by atoms with Crippen LogP contribution in [0.2, 0.25) is 10.0 Å². The molecule has 0 saturated heterocycles. The molecule has 0 amide bonds. The highest BCUT2D eigenvalue weighted by molar-refractivity contribution is 6.30. The van der Waals surface area contributed by atoms with Crippen molar-refractivity contribution in [2.24, 2.45) is 0 Å². The van der Waals surface area contributed by atoms with E-state index >= 15 is 0 Å². The van der Waals surface area contributed by atoms with Gasteiger partial charge in [0.2, 0.25) is 0 Å². The van der Waals surface area contributed by atoms with E-state index in [9.17, 15) is 0 Å². The van der Waals surface area contributed by atoms with Crippen molar-refractivity contribution >= 4 is 28.9 Å². The molecule has 1 unspecified atom stereocenters. The predicted octanol–water partition coefficient (Wildman–Crippen LogP) is 5.56. The molecule has 0 aromatic heterocycles. The van der Waals surface area contributed by atoms with Crippen LogP contribution in [0.4, 0.5) is 5.69 Å². The van der Waals surface area contributed by atoms with Crippen LogP contribution in [-0.4, -0.2) is 0 Å². The molecule has 2 aromatic rings. The van der Waals surface area contributed by atoms with Gasteiger partial charge in [-0.05, 0) is 48.4 Å². The van der Waals surface area contributed by atoms with Crippen LogP contribution in [0.15, 0.2) is 48.5 Å². The fraction of sp³-hybridized carbons (Fsp3) is 0.200. The Morgan fingerprint density at radius 3 is 2.33 bits per heavy atom. The van der Waals surface area contributed by atoms with Gasteiger partial charge in [0.1, 0.15) is 0 Å². The zero-order valence-corrected chi connectivity index (χ0v) is 11.7. The van der Waals surface area contributed by atoms with Crippen molar-refractivity contribution in [2.75, 3.05) is 5.32 Å². The molecule has 0 bridgehead atoms. The SMILES string of the molecule is CCC(Nc1ccc(Cl)cc1)c1cccc(Cl)c1. The second-order valence-electron chi connectivity index (χ2n) is 4.17. The lowest BCUT2D eigenvalue weighted by atomic mass is 10.0. The van der Waals surface area contributed by atoms with Crippen LogP contribution in [0.25, 0.3) is 0 Å². The summed E-state index contributed by atoms with van der Waals surface area (Å²) in [5.74, 6) is 0. The maximum Gasteiger partial charge on any atom is 0.0511 e. The maximum absolute atomic E-state index is 6.02. The van der Waals surface area contributed by atoms with Crippen molar-refractivity contribution in [3.05, 3.63) is 64.1 Å². The average Bonchev–Trinajstić information content (AvgIpc) is 2.38. The Hall–Kier alpha value is -1.18. The van der Waals surface area contributed by atoms with E-state index in [1.165, 1.54) is 5.56 Å². The van der Waals surface area contributed by atoms with Gasteiger partial charge in [-0.25, -0.2) is 0 Å². The Morgan fingerprint density at radius 1 is 1.00 bits per heavy atom. The van der Waals surface area contributed by atoms with Crippen molar-refractivity contribution in [2.45, 2.75) is 19.4 Å². The van der Waals surface area contributed by atoms with Gasteiger partial charge in [0.15, 0.2) is 0 Å². The highest BCUT2D eigenvalue weighted by Crippen LogP contribution is 2.25. The van der Waals surface area contributed by atoms with Crippen LogP contribution in [0.3, 0.4) is 0 Å². The summed E-state index contributed by atoms with van der Waals surface area (Å²) in [5, 5.41) is 5.00. The van der Waals surface area contributed by atoms with E-state index in [0.717, 1.165) is 22.2 Å². The van der Waals surface area contributed by atoms with Crippen molar-refractivity contribution in [3.63, 3.8) is 0 Å². The van der Waals surface area contributed by atoms with Gasteiger partial charge in [0, 0.05) is 15.7 Å². The van der Waals surface area contributed by atoms with Gasteiger partial charge in [-0.1, -0.05) is 42.3 Å². The molecule has 2 rings (SSSR count). The highest BCUT2D eigenvalue weighted by Gasteiger charge is 2.09. The van der Waals surface area contributed by atoms with Crippen LogP contribution in [-0.2, 0) is 0 Å². The van der Waals surface area contributed by atoms with E-state index in [2.05, 4.69) is 18.3 Å². The molecule has 3 heteroatoms. The van der Waals surface area contributed by atoms with Crippen LogP contribution in [0.5, 0.6) is 0 Å². The van der Waals surface area contributed by atoms with Crippen LogP contribution in [0, 0.1) is 0 Å². The first-order chi connectivity index (χ1) is 8.69. The second-order valence-corrected chi connectivity index (χ2v) is 5.04. The topological polar surface area (TPSA) is 12.0 Å². The van der Waals surface area contributed by atoms with Crippen molar-refractivity contribution in [1.29, 1.82) is 0 Å². The summed E-state index contributed by atoms with van der Waals surface area (Å²) in [6.45, 7) is 2.15. The smallest absolute Gasteiger partial charge is 0.0511 e. The minimum Gasteiger partial charge on any atom is -0.378 e. The largest absolute Gasteiger partial charge is 0.378 e. The second kappa shape index (κ2) is 6.12. The van der Waals surface area contributed by atoms with Crippen molar-refractivity contribution in [3.8, 4) is 0 Å². The van der Waals surface area contributed by atoms with Crippen molar-refractivity contribution in [1.82, 2.24) is 0 Å². The molecule has 0 aliphatic carbocycles. The summed E-state index contributed by atoms with van der Waals surface area (Å²) in [7, 11) is 0. The van der Waals surface area contributed by atoms with E-state index in [0.29, 0.717) is 0 Å². The Labute approximate surface area is 118 Å². The summed E-state index contributed by atoms with van der Waals surface area (Å²) in [6, 6.07) is 15.9. The maximum atomic E-state index is 6.02. The first-order valence-corrected chi connectivity index (χ1v) is 6.72. The number of nitrogens with one attached hydrogen (secondary N) is 1. The molecule has 0 heterocycles. The van der Waals surface area contributed by atoms with Gasteiger partial charge in [-0.15, -0.1) is 0 Å². The summed E-state index contributed by atoms with van der Waals surface area (Å²) in [4.78, 5) is 0. The summed E-state index contributed by atoms with van der Waals surface area (Å²) in [6.07, 6.45) is 0.989. The Kier molecular flexibility index (Phi) is 4.51. The molecule has 0 saturated carbocycles. The van der Waals surface area contributed by atoms with Gasteiger partial charge < -0.3 is 5.32 Å². The highest BCUT2D eigenvalue weighted by atomic mass is 35.5. The normalized spacial score (nSPS) is 12.2. The van der Waals surface area contributed by atoms with Crippen LogP contribution in [0.1, 0.15) is 24.9 Å². The van der Waals surface area contributed by atoms with Crippen LogP contribution >= 0.6 is 23.2 Å². The number of hydrogen-bond donors (Lipinski definition) is 1. The first-order valence-electron chi connectivity index (χ1n) is 5.96. The molecule has 2 aromatic carbocycles. The zero-order valence-electron chi connectivity index (χ0n) is 10.2. The van der Waals surface area contributed by atoms with Gasteiger partial charge in [0.05, 0.1) is 6.04 Å². The lowest BCUT2D eigenvalue weighted by Crippen LogP contribution is -2.09. The number of anilines is 1. The number of benzene rings is 2. The van der Waals surface area contributed by atoms with E-state index in [4.69, 9.17) is 23.2 Å². The average molecular weight is 280 g/mol. The molecule has 0 aliphatic heterocycles. The molecule has 1 atom stereocenters. The lowest BCUT2D eigenvalue weighted by Gasteiger charge is -2.19. The fourth-order valence-electron chi connectivity index (χ4n) is 1.89. The van der Waals surface area contributed by atoms with E-state index in [1.807, 2.05) is 42.5 Å². The number of hydrogen-bond acceptors (Lipinski definition) is 1. The van der Waals surface area contributed by atoms with Gasteiger partial charge >= 0.3 is 0 Å². The molecule has 1 nitrogen and oxygen atoms in total. The summed E-state index contributed by atoms with van der Waals surface area (Å²) in [5.41, 5.74) is 2.26. The van der Waals surface area contributed by atoms with Gasteiger partial charge in [0.25, 0.3) is 0 Å². The molecule has 18 heavy (non-hydrogen) atoms. The molecule has 94 valence electrons. The minimum absolute atomic E-state index is 0.255. The standard InChI is InChI=1S/C15H15Cl2N/c1-2-15(11-4-3-5-13(17)10-11)18-14-8-6-12(16)7-9-14/h3-10,15,18H,2H2,1H3. The number of rotatable bonds is 4. The summed E-state index contributed by atoms with van der Waals surface area (Å²) < 4.78 is 0. The van der Waals surface area contributed by atoms with Crippen LogP contribution < -0.4 is 5.32 Å². The van der Waals surface area contributed by atoms with E-state index < -0.39 is 0 Å². The molecule has 0 aliphatic rings. The molecule has 1 N–H and O–H groups in total. The molecule has 0 radical (unpaired) electrons. The monoisotopic (exact) mass is 279 g/mol. The third-order valence-corrected chi connectivity index (χ3v) is 3.33. The van der Waals surface area contributed by atoms with Gasteiger partial charge in [-0.3, -0.25) is 0 Å². The van der Waals surface area contributed by atoms with Gasteiger partial charge in [-0.2, -0.15) is 0 Å². The number of halogens is 2. The summed E-state index contributed by atoms with van der Waals surface area (Å²) >= 11 is 11.9. The molecule has 0 fully saturated rings. The Balaban J connectivity index is 2.17. The fourth-order valence-corrected chi connectivity index (χ4v) is 2.22. The minimum atomic E-state index is 0.255. The van der Waals surface area contributed by atoms with E-state index in [-0.39, 0.29) is 6.04 Å². The third kappa shape index (κ3) is 3.41. The lowest BCUT2D eigenvalue weighted by molar-refractivity contribution is 0.749. The third-order valence-electron chi connectivity index (χ3n) is 2.84. The quantitative estimate of drug-likeness (QED) is 0.773. The van der Waals surface area contributed by atoms with Crippen molar-refractivity contribution < 1.29 is 0 Å². The molecular formula is C15H15Cl2N. The zero-order chi connectivity index (χ0) is 13.0. The Bertz CT molecular complexity index is 508. The first kappa shape index (κ1) is 13.3. The Morgan fingerprint density at radius 2 is 1.72 bits per heavy atom.